The molecular formula is C29H38O2. The fraction of sp³-hybridized carbons (Fsp3) is 0.586. The second-order valence-electron chi connectivity index (χ2n) is 10.4. The third kappa shape index (κ3) is 4.16. The maximum absolute atomic E-state index is 6.70. The van der Waals surface area contributed by atoms with Gasteiger partial charge in [0.1, 0.15) is 5.75 Å². The van der Waals surface area contributed by atoms with Crippen LogP contribution in [-0.4, -0.2) is 12.7 Å². The highest BCUT2D eigenvalue weighted by atomic mass is 16.5. The Labute approximate surface area is 188 Å². The summed E-state index contributed by atoms with van der Waals surface area (Å²) in [6.45, 7) is 10.3. The van der Waals surface area contributed by atoms with Crippen LogP contribution >= 0.6 is 0 Å². The molecule has 5 atom stereocenters. The predicted octanol–water partition coefficient (Wildman–Crippen LogP) is 7.24. The Hall–Kier alpha value is -1.80. The molecule has 166 valence electrons. The van der Waals surface area contributed by atoms with Crippen LogP contribution in [0.3, 0.4) is 0 Å². The molecular weight excluding hydrogens is 380 g/mol. The third-order valence-corrected chi connectivity index (χ3v) is 8.33. The van der Waals surface area contributed by atoms with E-state index in [1.165, 1.54) is 35.1 Å². The van der Waals surface area contributed by atoms with E-state index in [9.17, 15) is 0 Å². The van der Waals surface area contributed by atoms with Crippen molar-refractivity contribution in [1.82, 2.24) is 0 Å². The molecule has 0 spiro atoms. The van der Waals surface area contributed by atoms with Crippen molar-refractivity contribution in [3.05, 3.63) is 64.2 Å². The number of benzene rings is 2. The van der Waals surface area contributed by atoms with Gasteiger partial charge in [-0.05, 0) is 96.1 Å². The number of hydrogen-bond acceptors (Lipinski definition) is 2. The van der Waals surface area contributed by atoms with E-state index in [1.54, 1.807) is 5.56 Å². The highest BCUT2D eigenvalue weighted by molar-refractivity contribution is 5.44. The standard InChI is InChI=1S/C29H38O2/c1-5-27-19(3)18(2)20(4)29(31-27)24-11-12-26(22-9-10-22)25(17-24)16-21-8-13-28-23(15-21)7-6-14-30-28/h8,11-13,15,17-20,22,27,29H,5-7,9-10,14,16H2,1-4H3/t18-,19-,20+,27+,29?/m0/s1. The van der Waals surface area contributed by atoms with Gasteiger partial charge in [0.05, 0.1) is 18.8 Å². The Kier molecular flexibility index (Phi) is 5.86. The molecule has 0 aromatic heterocycles. The lowest BCUT2D eigenvalue weighted by Crippen LogP contribution is -2.40. The number of fused-ring (bicyclic) bond motifs is 1. The zero-order chi connectivity index (χ0) is 21.5. The van der Waals surface area contributed by atoms with E-state index in [4.69, 9.17) is 9.47 Å². The molecule has 2 heterocycles. The van der Waals surface area contributed by atoms with E-state index in [2.05, 4.69) is 64.1 Å². The zero-order valence-corrected chi connectivity index (χ0v) is 19.7. The van der Waals surface area contributed by atoms with Crippen molar-refractivity contribution in [1.29, 1.82) is 0 Å². The number of ether oxygens (including phenoxy) is 2. The van der Waals surface area contributed by atoms with Gasteiger partial charge < -0.3 is 9.47 Å². The van der Waals surface area contributed by atoms with E-state index >= 15 is 0 Å². The Morgan fingerprint density at radius 3 is 2.55 bits per heavy atom. The van der Waals surface area contributed by atoms with Gasteiger partial charge >= 0.3 is 0 Å². The van der Waals surface area contributed by atoms with Gasteiger partial charge in [0.2, 0.25) is 0 Å². The Balaban J connectivity index is 1.45. The summed E-state index contributed by atoms with van der Waals surface area (Å²) in [4.78, 5) is 0. The molecule has 1 saturated heterocycles. The first-order valence-corrected chi connectivity index (χ1v) is 12.6. The molecule has 2 aromatic rings. The lowest BCUT2D eigenvalue weighted by molar-refractivity contribution is -0.136. The molecule has 2 aliphatic heterocycles. The second kappa shape index (κ2) is 8.62. The minimum Gasteiger partial charge on any atom is -0.493 e. The van der Waals surface area contributed by atoms with Crippen LogP contribution in [0.5, 0.6) is 5.75 Å². The normalized spacial score (nSPS) is 30.5. The van der Waals surface area contributed by atoms with E-state index in [1.807, 2.05) is 0 Å². The summed E-state index contributed by atoms with van der Waals surface area (Å²) in [5, 5.41) is 0. The number of rotatable bonds is 5. The molecule has 0 amide bonds. The largest absolute Gasteiger partial charge is 0.493 e. The summed E-state index contributed by atoms with van der Waals surface area (Å²) in [7, 11) is 0. The van der Waals surface area contributed by atoms with Crippen molar-refractivity contribution in [3.8, 4) is 5.75 Å². The molecule has 0 N–H and O–H groups in total. The van der Waals surface area contributed by atoms with Crippen molar-refractivity contribution in [2.75, 3.05) is 6.61 Å². The lowest BCUT2D eigenvalue weighted by Gasteiger charge is -2.44. The number of aryl methyl sites for hydroxylation is 1. The topological polar surface area (TPSA) is 18.5 Å². The summed E-state index contributed by atoms with van der Waals surface area (Å²) < 4.78 is 12.5. The molecule has 1 saturated carbocycles. The van der Waals surface area contributed by atoms with Gasteiger partial charge in [-0.1, -0.05) is 58.0 Å². The highest BCUT2D eigenvalue weighted by Gasteiger charge is 2.39. The lowest BCUT2D eigenvalue weighted by atomic mass is 9.74. The summed E-state index contributed by atoms with van der Waals surface area (Å²) in [6, 6.07) is 14.1. The van der Waals surface area contributed by atoms with Crippen LogP contribution in [0.1, 0.15) is 93.2 Å². The van der Waals surface area contributed by atoms with E-state index in [0.29, 0.717) is 23.9 Å². The van der Waals surface area contributed by atoms with Crippen molar-refractivity contribution in [2.45, 2.75) is 84.3 Å². The minimum absolute atomic E-state index is 0.208. The number of hydrogen-bond donors (Lipinski definition) is 0. The quantitative estimate of drug-likeness (QED) is 0.509. The summed E-state index contributed by atoms with van der Waals surface area (Å²) in [5.41, 5.74) is 7.24. The van der Waals surface area contributed by atoms with Gasteiger partial charge in [0.25, 0.3) is 0 Å². The summed E-state index contributed by atoms with van der Waals surface area (Å²) >= 11 is 0. The third-order valence-electron chi connectivity index (χ3n) is 8.33. The molecule has 3 aliphatic rings. The molecule has 0 radical (unpaired) electrons. The van der Waals surface area contributed by atoms with Crippen LogP contribution in [0, 0.1) is 17.8 Å². The Bertz CT molecular complexity index is 926. The first-order chi connectivity index (χ1) is 15.0. The monoisotopic (exact) mass is 418 g/mol. The van der Waals surface area contributed by atoms with Crippen LogP contribution in [0.2, 0.25) is 0 Å². The van der Waals surface area contributed by atoms with Gasteiger partial charge in [0, 0.05) is 0 Å². The molecule has 2 heteroatoms. The van der Waals surface area contributed by atoms with Gasteiger partial charge in [-0.15, -0.1) is 0 Å². The smallest absolute Gasteiger partial charge is 0.122 e. The minimum atomic E-state index is 0.208. The van der Waals surface area contributed by atoms with Crippen molar-refractivity contribution in [2.24, 2.45) is 17.8 Å². The Morgan fingerprint density at radius 2 is 1.77 bits per heavy atom. The fourth-order valence-corrected chi connectivity index (χ4v) is 5.87. The summed E-state index contributed by atoms with van der Waals surface area (Å²) in [6.07, 6.45) is 7.63. The molecule has 1 aliphatic carbocycles. The average Bonchev–Trinajstić information content (AvgIpc) is 3.63. The average molecular weight is 419 g/mol. The molecule has 5 rings (SSSR count). The molecule has 31 heavy (non-hydrogen) atoms. The molecule has 2 nitrogen and oxygen atoms in total. The van der Waals surface area contributed by atoms with E-state index < -0.39 is 0 Å². The fourth-order valence-electron chi connectivity index (χ4n) is 5.87. The van der Waals surface area contributed by atoms with E-state index in [0.717, 1.165) is 44.0 Å². The second-order valence-corrected chi connectivity index (χ2v) is 10.4. The SMILES string of the molecule is CC[C@H]1OC(c2ccc(C3CC3)c(Cc3ccc4c(c3)CCCO4)c2)[C@H](C)[C@@H](C)[C@@H]1C. The summed E-state index contributed by atoms with van der Waals surface area (Å²) in [5.74, 6) is 3.69. The molecule has 1 unspecified atom stereocenters. The molecule has 0 bridgehead atoms. The van der Waals surface area contributed by atoms with Crippen LogP contribution in [0.25, 0.3) is 0 Å². The molecule has 2 fully saturated rings. The first-order valence-electron chi connectivity index (χ1n) is 12.6. The van der Waals surface area contributed by atoms with Gasteiger partial charge in [-0.2, -0.15) is 0 Å². The maximum atomic E-state index is 6.70. The van der Waals surface area contributed by atoms with Gasteiger partial charge in [0.15, 0.2) is 0 Å². The van der Waals surface area contributed by atoms with Gasteiger partial charge in [-0.25, -0.2) is 0 Å². The van der Waals surface area contributed by atoms with E-state index in [-0.39, 0.29) is 6.10 Å². The molecule has 2 aromatic carbocycles. The predicted molar refractivity (Wildman–Crippen MR) is 127 cm³/mol. The highest BCUT2D eigenvalue weighted by Crippen LogP contribution is 2.46. The Morgan fingerprint density at radius 1 is 0.935 bits per heavy atom. The maximum Gasteiger partial charge on any atom is 0.122 e. The van der Waals surface area contributed by atoms with Crippen LogP contribution in [-0.2, 0) is 17.6 Å². The zero-order valence-electron chi connectivity index (χ0n) is 19.7. The van der Waals surface area contributed by atoms with Crippen LogP contribution in [0.4, 0.5) is 0 Å². The van der Waals surface area contributed by atoms with Crippen LogP contribution in [0.15, 0.2) is 36.4 Å². The van der Waals surface area contributed by atoms with Crippen molar-refractivity contribution in [3.63, 3.8) is 0 Å². The van der Waals surface area contributed by atoms with Crippen molar-refractivity contribution < 1.29 is 9.47 Å². The van der Waals surface area contributed by atoms with Crippen LogP contribution < -0.4 is 4.74 Å². The first kappa shape index (κ1) is 21.1. The van der Waals surface area contributed by atoms with Crippen molar-refractivity contribution >= 4 is 0 Å². The van der Waals surface area contributed by atoms with Gasteiger partial charge in [-0.3, -0.25) is 0 Å².